The average molecular weight is 248 g/mol. The normalized spacial score (nSPS) is 11.7. The average Bonchev–Trinajstić information content (AvgIpc) is 2.84. The highest BCUT2D eigenvalue weighted by Crippen LogP contribution is 2.39. The SMILES string of the molecule is O=Cc1ncoc1-c1ncsc1C(F)(F)F. The Balaban J connectivity index is 2.57. The van der Waals surface area contributed by atoms with E-state index in [2.05, 4.69) is 9.97 Å². The van der Waals surface area contributed by atoms with Crippen LogP contribution < -0.4 is 0 Å². The van der Waals surface area contributed by atoms with E-state index in [4.69, 9.17) is 4.42 Å². The van der Waals surface area contributed by atoms with E-state index in [-0.39, 0.29) is 11.5 Å². The fourth-order valence-electron chi connectivity index (χ4n) is 1.12. The van der Waals surface area contributed by atoms with Gasteiger partial charge >= 0.3 is 6.18 Å². The molecular weight excluding hydrogens is 245 g/mol. The van der Waals surface area contributed by atoms with Crippen LogP contribution in [-0.4, -0.2) is 16.3 Å². The van der Waals surface area contributed by atoms with Gasteiger partial charge in [-0.1, -0.05) is 0 Å². The number of aldehydes is 1. The van der Waals surface area contributed by atoms with Gasteiger partial charge in [0, 0.05) is 0 Å². The van der Waals surface area contributed by atoms with Gasteiger partial charge in [-0.3, -0.25) is 4.79 Å². The fourth-order valence-corrected chi connectivity index (χ4v) is 1.78. The number of aromatic nitrogens is 2. The van der Waals surface area contributed by atoms with Crippen LogP contribution in [-0.2, 0) is 6.18 Å². The molecule has 0 aliphatic rings. The van der Waals surface area contributed by atoms with Crippen molar-refractivity contribution in [2.45, 2.75) is 6.18 Å². The number of carbonyl (C=O) groups is 1. The van der Waals surface area contributed by atoms with Gasteiger partial charge in [-0.25, -0.2) is 9.97 Å². The van der Waals surface area contributed by atoms with Crippen LogP contribution in [0, 0.1) is 0 Å². The quantitative estimate of drug-likeness (QED) is 0.766. The van der Waals surface area contributed by atoms with Gasteiger partial charge in [-0.05, 0) is 0 Å². The summed E-state index contributed by atoms with van der Waals surface area (Å²) >= 11 is 0.434. The number of hydrogen-bond donors (Lipinski definition) is 0. The van der Waals surface area contributed by atoms with Gasteiger partial charge < -0.3 is 4.42 Å². The molecule has 0 bridgehead atoms. The number of thiazole rings is 1. The van der Waals surface area contributed by atoms with Gasteiger partial charge in [0.2, 0.25) is 0 Å². The molecule has 0 aliphatic carbocycles. The maximum absolute atomic E-state index is 12.5. The van der Waals surface area contributed by atoms with Crippen molar-refractivity contribution in [1.29, 1.82) is 0 Å². The summed E-state index contributed by atoms with van der Waals surface area (Å²) in [5.74, 6) is -0.261. The summed E-state index contributed by atoms with van der Waals surface area (Å²) in [6.45, 7) is 0. The second kappa shape index (κ2) is 3.71. The van der Waals surface area contributed by atoms with Crippen LogP contribution >= 0.6 is 11.3 Å². The molecule has 2 aromatic heterocycles. The molecule has 8 heteroatoms. The first-order chi connectivity index (χ1) is 7.54. The van der Waals surface area contributed by atoms with E-state index in [9.17, 15) is 18.0 Å². The third-order valence-corrected chi connectivity index (χ3v) is 2.62. The van der Waals surface area contributed by atoms with Crippen molar-refractivity contribution >= 4 is 17.6 Å². The molecule has 0 N–H and O–H groups in total. The summed E-state index contributed by atoms with van der Waals surface area (Å²) in [5.41, 5.74) is 0.434. The Labute approximate surface area is 90.8 Å². The lowest BCUT2D eigenvalue weighted by Gasteiger charge is -2.03. The van der Waals surface area contributed by atoms with Crippen LogP contribution in [0.1, 0.15) is 15.4 Å². The molecule has 0 aromatic carbocycles. The number of nitrogens with zero attached hydrogens (tertiary/aromatic N) is 2. The summed E-state index contributed by atoms with van der Waals surface area (Å²) in [5, 5.41) is 0. The molecule has 16 heavy (non-hydrogen) atoms. The number of oxazole rings is 1. The van der Waals surface area contributed by atoms with Gasteiger partial charge in [-0.2, -0.15) is 13.2 Å². The summed E-state index contributed by atoms with van der Waals surface area (Å²) in [7, 11) is 0. The predicted molar refractivity (Wildman–Crippen MR) is 48.0 cm³/mol. The number of alkyl halides is 3. The van der Waals surface area contributed by atoms with Gasteiger partial charge in [-0.15, -0.1) is 11.3 Å². The minimum atomic E-state index is -4.52. The predicted octanol–water partition coefficient (Wildman–Crippen LogP) is 2.63. The Morgan fingerprint density at radius 1 is 1.38 bits per heavy atom. The highest BCUT2D eigenvalue weighted by molar-refractivity contribution is 7.10. The number of hydrogen-bond acceptors (Lipinski definition) is 5. The fraction of sp³-hybridized carbons (Fsp3) is 0.125. The second-order valence-electron chi connectivity index (χ2n) is 2.71. The smallest absolute Gasteiger partial charge is 0.427 e. The van der Waals surface area contributed by atoms with Gasteiger partial charge in [0.25, 0.3) is 0 Å². The van der Waals surface area contributed by atoms with Crippen LogP contribution in [0.3, 0.4) is 0 Å². The first-order valence-corrected chi connectivity index (χ1v) is 4.81. The van der Waals surface area contributed by atoms with E-state index in [0.29, 0.717) is 17.6 Å². The minimum Gasteiger partial charge on any atom is -0.441 e. The van der Waals surface area contributed by atoms with Crippen LogP contribution in [0.5, 0.6) is 0 Å². The van der Waals surface area contributed by atoms with Gasteiger partial charge in [0.1, 0.15) is 10.6 Å². The first kappa shape index (κ1) is 10.8. The first-order valence-electron chi connectivity index (χ1n) is 3.93. The maximum Gasteiger partial charge on any atom is 0.427 e. The molecule has 0 amide bonds. The second-order valence-corrected chi connectivity index (χ2v) is 3.57. The van der Waals surface area contributed by atoms with E-state index in [0.717, 1.165) is 11.9 Å². The Morgan fingerprint density at radius 2 is 2.12 bits per heavy atom. The molecule has 0 saturated heterocycles. The number of carbonyl (C=O) groups excluding carboxylic acids is 1. The highest BCUT2D eigenvalue weighted by Gasteiger charge is 2.37. The van der Waals surface area contributed by atoms with Gasteiger partial charge in [0.05, 0.1) is 5.51 Å². The monoisotopic (exact) mass is 248 g/mol. The summed E-state index contributed by atoms with van der Waals surface area (Å²) < 4.78 is 42.3. The Kier molecular flexibility index (Phi) is 2.50. The van der Waals surface area contributed by atoms with Crippen molar-refractivity contribution in [3.05, 3.63) is 22.5 Å². The van der Waals surface area contributed by atoms with Crippen molar-refractivity contribution in [2.24, 2.45) is 0 Å². The van der Waals surface area contributed by atoms with E-state index >= 15 is 0 Å². The van der Waals surface area contributed by atoms with Crippen molar-refractivity contribution in [2.75, 3.05) is 0 Å². The van der Waals surface area contributed by atoms with E-state index in [1.54, 1.807) is 0 Å². The van der Waals surface area contributed by atoms with E-state index < -0.39 is 16.7 Å². The lowest BCUT2D eigenvalue weighted by Crippen LogP contribution is -2.04. The summed E-state index contributed by atoms with van der Waals surface area (Å²) in [6, 6.07) is 0. The molecule has 0 unspecified atom stereocenters. The van der Waals surface area contributed by atoms with Crippen LogP contribution in [0.2, 0.25) is 0 Å². The number of rotatable bonds is 2. The molecule has 0 spiro atoms. The molecule has 2 rings (SSSR count). The molecule has 2 heterocycles. The van der Waals surface area contributed by atoms with Crippen LogP contribution in [0.15, 0.2) is 16.3 Å². The molecule has 4 nitrogen and oxygen atoms in total. The lowest BCUT2D eigenvalue weighted by molar-refractivity contribution is -0.134. The van der Waals surface area contributed by atoms with E-state index in [1.165, 1.54) is 0 Å². The molecule has 0 radical (unpaired) electrons. The zero-order valence-electron chi connectivity index (χ0n) is 7.49. The summed E-state index contributed by atoms with van der Waals surface area (Å²) in [4.78, 5) is 16.6. The Bertz CT molecular complexity index is 517. The molecule has 0 fully saturated rings. The van der Waals surface area contributed by atoms with Gasteiger partial charge in [0.15, 0.2) is 24.1 Å². The van der Waals surface area contributed by atoms with Crippen molar-refractivity contribution < 1.29 is 22.4 Å². The largest absolute Gasteiger partial charge is 0.441 e. The molecule has 2 aromatic rings. The maximum atomic E-state index is 12.5. The zero-order chi connectivity index (χ0) is 11.8. The molecule has 84 valence electrons. The van der Waals surface area contributed by atoms with E-state index in [1.807, 2.05) is 0 Å². The molecule has 0 atom stereocenters. The number of halogens is 3. The summed E-state index contributed by atoms with van der Waals surface area (Å²) in [6.07, 6.45) is -3.31. The van der Waals surface area contributed by atoms with Crippen molar-refractivity contribution in [1.82, 2.24) is 9.97 Å². The third-order valence-electron chi connectivity index (χ3n) is 1.75. The lowest BCUT2D eigenvalue weighted by atomic mass is 10.2. The van der Waals surface area contributed by atoms with Crippen LogP contribution in [0.25, 0.3) is 11.5 Å². The standard InChI is InChI=1S/C8H3F3N2O2S/c9-8(10,11)7-5(13-3-16-7)6-4(1-14)12-2-15-6/h1-3H. The highest BCUT2D eigenvalue weighted by atomic mass is 32.1. The Hall–Kier alpha value is -1.70. The van der Waals surface area contributed by atoms with Crippen molar-refractivity contribution in [3.63, 3.8) is 0 Å². The third kappa shape index (κ3) is 1.71. The van der Waals surface area contributed by atoms with Crippen molar-refractivity contribution in [3.8, 4) is 11.5 Å². The molecule has 0 saturated carbocycles. The molecule has 0 aliphatic heterocycles. The van der Waals surface area contributed by atoms with Crippen LogP contribution in [0.4, 0.5) is 13.2 Å². The Morgan fingerprint density at radius 3 is 2.75 bits per heavy atom. The topological polar surface area (TPSA) is 56.0 Å². The molecular formula is C8H3F3N2O2S. The minimum absolute atomic E-state index is 0.198. The zero-order valence-corrected chi connectivity index (χ0v) is 8.30.